The predicted octanol–water partition coefficient (Wildman–Crippen LogP) is 2.92. The molecule has 1 atom stereocenters. The predicted molar refractivity (Wildman–Crippen MR) is 80.7 cm³/mol. The van der Waals surface area contributed by atoms with Crippen LogP contribution in [0.3, 0.4) is 0 Å². The van der Waals surface area contributed by atoms with Crippen LogP contribution in [0.2, 0.25) is 0 Å². The van der Waals surface area contributed by atoms with Gasteiger partial charge in [-0.3, -0.25) is 9.59 Å². The van der Waals surface area contributed by atoms with E-state index >= 15 is 0 Å². The zero-order valence-corrected chi connectivity index (χ0v) is 12.8. The van der Waals surface area contributed by atoms with Crippen molar-refractivity contribution < 1.29 is 19.1 Å². The first kappa shape index (κ1) is 17.0. The summed E-state index contributed by atoms with van der Waals surface area (Å²) in [7, 11) is 0. The zero-order valence-electron chi connectivity index (χ0n) is 12.8. The van der Waals surface area contributed by atoms with Crippen LogP contribution < -0.4 is 0 Å². The van der Waals surface area contributed by atoms with Gasteiger partial charge in [0.05, 0.1) is 6.61 Å². The summed E-state index contributed by atoms with van der Waals surface area (Å²) in [6.45, 7) is 5.96. The van der Waals surface area contributed by atoms with Crippen molar-refractivity contribution in [3.63, 3.8) is 0 Å². The Morgan fingerprint density at radius 3 is 2.29 bits per heavy atom. The number of hydrogen-bond acceptors (Lipinski definition) is 4. The summed E-state index contributed by atoms with van der Waals surface area (Å²) >= 11 is 0. The third-order valence-corrected chi connectivity index (χ3v) is 2.86. The van der Waals surface area contributed by atoms with Crippen molar-refractivity contribution >= 4 is 11.9 Å². The molecular weight excluding hydrogens is 268 g/mol. The highest BCUT2D eigenvalue weighted by atomic mass is 16.6. The molecule has 4 nitrogen and oxygen atoms in total. The van der Waals surface area contributed by atoms with Crippen LogP contribution in [0.4, 0.5) is 0 Å². The van der Waals surface area contributed by atoms with Crippen LogP contribution in [-0.2, 0) is 25.5 Å². The fourth-order valence-corrected chi connectivity index (χ4v) is 1.75. The minimum Gasteiger partial charge on any atom is -0.465 e. The van der Waals surface area contributed by atoms with Crippen molar-refractivity contribution in [2.45, 2.75) is 27.2 Å². The van der Waals surface area contributed by atoms with E-state index in [4.69, 9.17) is 9.47 Å². The Balaban J connectivity index is 2.74. The van der Waals surface area contributed by atoms with Crippen molar-refractivity contribution in [3.05, 3.63) is 47.5 Å². The maximum atomic E-state index is 12.1. The molecule has 0 fully saturated rings. The van der Waals surface area contributed by atoms with Crippen molar-refractivity contribution in [1.82, 2.24) is 0 Å². The lowest BCUT2D eigenvalue weighted by molar-refractivity contribution is -0.161. The first-order valence-corrected chi connectivity index (χ1v) is 7.05. The lowest BCUT2D eigenvalue weighted by Crippen LogP contribution is -2.30. The van der Waals surface area contributed by atoms with E-state index in [0.29, 0.717) is 0 Å². The third-order valence-electron chi connectivity index (χ3n) is 2.86. The van der Waals surface area contributed by atoms with Crippen LogP contribution in [-0.4, -0.2) is 25.2 Å². The molecule has 0 aliphatic rings. The van der Waals surface area contributed by atoms with E-state index in [1.165, 1.54) is 0 Å². The Morgan fingerprint density at radius 1 is 1.10 bits per heavy atom. The molecule has 0 bridgehead atoms. The molecule has 4 heteroatoms. The van der Waals surface area contributed by atoms with E-state index < -0.39 is 17.9 Å². The van der Waals surface area contributed by atoms with Crippen molar-refractivity contribution in [1.29, 1.82) is 0 Å². The number of allylic oxidation sites excluding steroid dienone is 1. The van der Waals surface area contributed by atoms with Gasteiger partial charge in [-0.1, -0.05) is 35.9 Å². The zero-order chi connectivity index (χ0) is 15.7. The van der Waals surface area contributed by atoms with Gasteiger partial charge in [0.15, 0.2) is 5.92 Å². The van der Waals surface area contributed by atoms with Gasteiger partial charge in [-0.25, -0.2) is 0 Å². The van der Waals surface area contributed by atoms with E-state index in [9.17, 15) is 9.59 Å². The molecule has 0 aliphatic heterocycles. The Kier molecular flexibility index (Phi) is 7.23. The number of benzene rings is 1. The largest absolute Gasteiger partial charge is 0.465 e. The molecule has 1 rings (SSSR count). The molecule has 21 heavy (non-hydrogen) atoms. The normalized spacial score (nSPS) is 11.4. The standard InChI is InChI=1S/C17H22O4/c1-4-20-16(18)15(12-14-8-6-5-7-9-14)17(19)21-11-10-13(2)3/h5-10,15H,4,11-12H2,1-3H3. The molecule has 0 aliphatic carbocycles. The number of esters is 2. The summed E-state index contributed by atoms with van der Waals surface area (Å²) in [4.78, 5) is 24.0. The molecule has 1 unspecified atom stereocenters. The molecule has 0 N–H and O–H groups in total. The van der Waals surface area contributed by atoms with Gasteiger partial charge in [-0.15, -0.1) is 0 Å². The molecule has 0 heterocycles. The highest BCUT2D eigenvalue weighted by Gasteiger charge is 2.29. The molecule has 0 saturated heterocycles. The van der Waals surface area contributed by atoms with E-state index in [1.54, 1.807) is 13.0 Å². The van der Waals surface area contributed by atoms with Crippen molar-refractivity contribution in [2.24, 2.45) is 5.92 Å². The Bertz CT molecular complexity index is 487. The number of hydrogen-bond donors (Lipinski definition) is 0. The van der Waals surface area contributed by atoms with Gasteiger partial charge in [-0.2, -0.15) is 0 Å². The fraction of sp³-hybridized carbons (Fsp3) is 0.412. The second-order valence-corrected chi connectivity index (χ2v) is 4.91. The van der Waals surface area contributed by atoms with Crippen LogP contribution in [0.5, 0.6) is 0 Å². The molecule has 0 aromatic heterocycles. The average Bonchev–Trinajstić information content (AvgIpc) is 2.45. The highest BCUT2D eigenvalue weighted by molar-refractivity contribution is 5.95. The second kappa shape index (κ2) is 8.95. The maximum absolute atomic E-state index is 12.1. The summed E-state index contributed by atoms with van der Waals surface area (Å²) in [6.07, 6.45) is 2.08. The second-order valence-electron chi connectivity index (χ2n) is 4.91. The fourth-order valence-electron chi connectivity index (χ4n) is 1.75. The SMILES string of the molecule is CCOC(=O)C(Cc1ccccc1)C(=O)OCC=C(C)C. The van der Waals surface area contributed by atoms with Gasteiger partial charge in [0.25, 0.3) is 0 Å². The van der Waals surface area contributed by atoms with Gasteiger partial charge in [0.1, 0.15) is 6.61 Å². The molecule has 0 spiro atoms. The van der Waals surface area contributed by atoms with Gasteiger partial charge in [-0.05, 0) is 38.8 Å². The van der Waals surface area contributed by atoms with Crippen molar-refractivity contribution in [2.75, 3.05) is 13.2 Å². The summed E-state index contributed by atoms with van der Waals surface area (Å²) in [5, 5.41) is 0. The summed E-state index contributed by atoms with van der Waals surface area (Å²) in [6, 6.07) is 9.36. The minimum absolute atomic E-state index is 0.172. The third kappa shape index (κ3) is 6.25. The Labute approximate surface area is 125 Å². The first-order chi connectivity index (χ1) is 10.0. The minimum atomic E-state index is -0.919. The smallest absolute Gasteiger partial charge is 0.320 e. The summed E-state index contributed by atoms with van der Waals surface area (Å²) < 4.78 is 10.1. The average molecular weight is 290 g/mol. The van der Waals surface area contributed by atoms with E-state index in [2.05, 4.69) is 0 Å². The summed E-state index contributed by atoms with van der Waals surface area (Å²) in [5.41, 5.74) is 1.95. The Morgan fingerprint density at radius 2 is 1.71 bits per heavy atom. The highest BCUT2D eigenvalue weighted by Crippen LogP contribution is 2.13. The van der Waals surface area contributed by atoms with Crippen LogP contribution in [0.1, 0.15) is 26.3 Å². The van der Waals surface area contributed by atoms with Gasteiger partial charge in [0.2, 0.25) is 0 Å². The number of carbonyl (C=O) groups excluding carboxylic acids is 2. The molecular formula is C17H22O4. The molecule has 114 valence electrons. The van der Waals surface area contributed by atoms with Crippen LogP contribution in [0.25, 0.3) is 0 Å². The van der Waals surface area contributed by atoms with Gasteiger partial charge < -0.3 is 9.47 Å². The quantitative estimate of drug-likeness (QED) is 0.440. The number of rotatable bonds is 7. The van der Waals surface area contributed by atoms with Crippen molar-refractivity contribution in [3.8, 4) is 0 Å². The van der Waals surface area contributed by atoms with E-state index in [-0.39, 0.29) is 19.6 Å². The van der Waals surface area contributed by atoms with Crippen LogP contribution in [0.15, 0.2) is 42.0 Å². The van der Waals surface area contributed by atoms with E-state index in [1.807, 2.05) is 44.2 Å². The van der Waals surface area contributed by atoms with Crippen LogP contribution >= 0.6 is 0 Å². The molecule has 0 saturated carbocycles. The topological polar surface area (TPSA) is 52.6 Å². The first-order valence-electron chi connectivity index (χ1n) is 7.05. The van der Waals surface area contributed by atoms with Gasteiger partial charge in [0, 0.05) is 0 Å². The Hall–Kier alpha value is -2.10. The number of carbonyl (C=O) groups is 2. The molecule has 1 aromatic carbocycles. The van der Waals surface area contributed by atoms with E-state index in [0.717, 1.165) is 11.1 Å². The molecule has 0 amide bonds. The lowest BCUT2D eigenvalue weighted by Gasteiger charge is -2.14. The van der Waals surface area contributed by atoms with Gasteiger partial charge >= 0.3 is 11.9 Å². The molecule has 0 radical (unpaired) electrons. The molecule has 1 aromatic rings. The lowest BCUT2D eigenvalue weighted by atomic mass is 9.99. The number of ether oxygens (including phenoxy) is 2. The maximum Gasteiger partial charge on any atom is 0.320 e. The van der Waals surface area contributed by atoms with Crippen LogP contribution in [0, 0.1) is 5.92 Å². The monoisotopic (exact) mass is 290 g/mol. The summed E-state index contributed by atoms with van der Waals surface area (Å²) in [5.74, 6) is -2.00.